The molecule has 0 radical (unpaired) electrons. The lowest BCUT2D eigenvalue weighted by Gasteiger charge is -2.25. The Morgan fingerprint density at radius 1 is 0.762 bits per heavy atom. The summed E-state index contributed by atoms with van der Waals surface area (Å²) in [5.74, 6) is -3.01. The Labute approximate surface area is 244 Å². The molecule has 0 fully saturated rings. The Bertz CT molecular complexity index is 1270. The first kappa shape index (κ1) is 32.0. The van der Waals surface area contributed by atoms with E-state index in [4.69, 9.17) is 11.5 Å². The summed E-state index contributed by atoms with van der Waals surface area (Å²) in [7, 11) is 0. The first-order chi connectivity index (χ1) is 20.3. The second kappa shape index (κ2) is 16.7. The highest BCUT2D eigenvalue weighted by Gasteiger charge is 2.31. The highest BCUT2D eigenvalue weighted by atomic mass is 16.4. The van der Waals surface area contributed by atoms with Gasteiger partial charge in [-0.1, -0.05) is 67.1 Å². The lowest BCUT2D eigenvalue weighted by molar-refractivity contribution is -0.142. The summed E-state index contributed by atoms with van der Waals surface area (Å²) in [5, 5.41) is 17.8. The van der Waals surface area contributed by atoms with Gasteiger partial charge in [0.1, 0.15) is 18.1 Å². The number of carboxylic acid groups (broad SMARTS) is 1. The van der Waals surface area contributed by atoms with E-state index in [1.165, 1.54) is 12.5 Å². The van der Waals surface area contributed by atoms with Crippen LogP contribution in [0.5, 0.6) is 0 Å². The third-order valence-electron chi connectivity index (χ3n) is 6.73. The number of amides is 3. The molecule has 224 valence electrons. The van der Waals surface area contributed by atoms with Crippen molar-refractivity contribution in [1.82, 2.24) is 25.9 Å². The molecule has 1 aromatic heterocycles. The number of nitrogens with one attached hydrogen (secondary N) is 4. The van der Waals surface area contributed by atoms with Crippen LogP contribution >= 0.6 is 0 Å². The zero-order valence-electron chi connectivity index (χ0n) is 23.4. The number of aliphatic carboxylic acids is 1. The number of H-pyrrole nitrogens is 1. The topological polar surface area (TPSA) is 205 Å². The number of nitrogens with two attached hydrogens (primary N) is 2. The highest BCUT2D eigenvalue weighted by molar-refractivity contribution is 5.94. The molecule has 4 unspecified atom stereocenters. The molecular formula is C30H39N7O5. The third kappa shape index (κ3) is 10.5. The van der Waals surface area contributed by atoms with Crippen molar-refractivity contribution >= 4 is 23.7 Å². The number of benzene rings is 2. The van der Waals surface area contributed by atoms with Crippen molar-refractivity contribution in [2.45, 2.75) is 62.7 Å². The van der Waals surface area contributed by atoms with Gasteiger partial charge in [-0.15, -0.1) is 0 Å². The molecule has 0 bridgehead atoms. The Balaban J connectivity index is 1.79. The molecule has 0 saturated heterocycles. The molecular weight excluding hydrogens is 538 g/mol. The molecule has 0 saturated carbocycles. The number of carbonyl (C=O) groups excluding carboxylic acids is 3. The number of carboxylic acids is 1. The largest absolute Gasteiger partial charge is 0.480 e. The fourth-order valence-electron chi connectivity index (χ4n) is 4.40. The Hall–Kier alpha value is -4.55. The minimum Gasteiger partial charge on any atom is -0.480 e. The van der Waals surface area contributed by atoms with Gasteiger partial charge in [-0.05, 0) is 30.5 Å². The maximum Gasteiger partial charge on any atom is 0.326 e. The van der Waals surface area contributed by atoms with Crippen LogP contribution in [-0.2, 0) is 38.4 Å². The maximum atomic E-state index is 13.6. The van der Waals surface area contributed by atoms with Crippen molar-refractivity contribution in [1.29, 1.82) is 0 Å². The fourth-order valence-corrected chi connectivity index (χ4v) is 4.40. The smallest absolute Gasteiger partial charge is 0.326 e. The quantitative estimate of drug-likeness (QED) is 0.112. The number of nitrogens with zero attached hydrogens (tertiary/aromatic N) is 1. The molecule has 0 spiro atoms. The van der Waals surface area contributed by atoms with E-state index >= 15 is 0 Å². The van der Waals surface area contributed by atoms with Gasteiger partial charge in [-0.3, -0.25) is 14.4 Å². The van der Waals surface area contributed by atoms with E-state index in [0.717, 1.165) is 17.5 Å². The van der Waals surface area contributed by atoms with E-state index in [9.17, 15) is 24.3 Å². The number of hydrogen-bond donors (Lipinski definition) is 7. The lowest BCUT2D eigenvalue weighted by Crippen LogP contribution is -2.58. The molecule has 42 heavy (non-hydrogen) atoms. The average Bonchev–Trinajstić information content (AvgIpc) is 3.50. The monoisotopic (exact) mass is 577 g/mol. The van der Waals surface area contributed by atoms with Gasteiger partial charge in [0.15, 0.2) is 0 Å². The molecule has 2 aromatic carbocycles. The maximum absolute atomic E-state index is 13.6. The number of carbonyl (C=O) groups is 4. The zero-order chi connectivity index (χ0) is 30.3. The van der Waals surface area contributed by atoms with Gasteiger partial charge in [0.2, 0.25) is 17.7 Å². The summed E-state index contributed by atoms with van der Waals surface area (Å²) in [6.45, 7) is 0.484. The predicted octanol–water partition coefficient (Wildman–Crippen LogP) is 0.433. The second-order valence-electron chi connectivity index (χ2n) is 10.1. The Morgan fingerprint density at radius 3 is 1.81 bits per heavy atom. The van der Waals surface area contributed by atoms with Gasteiger partial charge in [0.05, 0.1) is 12.4 Å². The molecule has 3 aromatic rings. The molecule has 3 amide bonds. The summed E-state index contributed by atoms with van der Waals surface area (Å²) in [4.78, 5) is 58.9. The summed E-state index contributed by atoms with van der Waals surface area (Å²) in [6.07, 6.45) is 5.00. The van der Waals surface area contributed by atoms with Crippen molar-refractivity contribution < 1.29 is 24.3 Å². The van der Waals surface area contributed by atoms with Crippen LogP contribution in [0.15, 0.2) is 73.2 Å². The number of rotatable bonds is 17. The molecule has 3 rings (SSSR count). The van der Waals surface area contributed by atoms with E-state index in [-0.39, 0.29) is 19.3 Å². The zero-order valence-corrected chi connectivity index (χ0v) is 23.4. The van der Waals surface area contributed by atoms with Crippen molar-refractivity contribution in [3.05, 3.63) is 90.0 Å². The molecule has 0 aliphatic heterocycles. The van der Waals surface area contributed by atoms with Crippen molar-refractivity contribution in [2.75, 3.05) is 6.54 Å². The van der Waals surface area contributed by atoms with Crippen LogP contribution in [0.1, 0.15) is 36.1 Å². The second-order valence-corrected chi connectivity index (χ2v) is 10.1. The van der Waals surface area contributed by atoms with Gasteiger partial charge >= 0.3 is 5.97 Å². The van der Waals surface area contributed by atoms with Crippen LogP contribution in [-0.4, -0.2) is 69.5 Å². The molecule has 12 nitrogen and oxygen atoms in total. The Morgan fingerprint density at radius 2 is 1.29 bits per heavy atom. The third-order valence-corrected chi connectivity index (χ3v) is 6.73. The van der Waals surface area contributed by atoms with Crippen molar-refractivity contribution in [3.63, 3.8) is 0 Å². The molecule has 0 aliphatic rings. The number of aromatic amines is 1. The summed E-state index contributed by atoms with van der Waals surface area (Å²) < 4.78 is 0. The molecule has 12 heteroatoms. The number of aromatic nitrogens is 2. The van der Waals surface area contributed by atoms with Crippen LogP contribution in [0, 0.1) is 0 Å². The first-order valence-corrected chi connectivity index (χ1v) is 13.9. The van der Waals surface area contributed by atoms with Gasteiger partial charge in [0, 0.05) is 31.2 Å². The van der Waals surface area contributed by atoms with Crippen LogP contribution in [0.4, 0.5) is 0 Å². The van der Waals surface area contributed by atoms with Gasteiger partial charge in [-0.2, -0.15) is 0 Å². The van der Waals surface area contributed by atoms with Gasteiger partial charge in [-0.25, -0.2) is 9.78 Å². The highest BCUT2D eigenvalue weighted by Crippen LogP contribution is 2.09. The number of unbranched alkanes of at least 4 members (excludes halogenated alkanes) is 1. The van der Waals surface area contributed by atoms with Crippen LogP contribution in [0.3, 0.4) is 0 Å². The molecule has 9 N–H and O–H groups in total. The van der Waals surface area contributed by atoms with Gasteiger partial charge in [0.25, 0.3) is 0 Å². The van der Waals surface area contributed by atoms with Crippen LogP contribution < -0.4 is 27.4 Å². The van der Waals surface area contributed by atoms with E-state index in [1.807, 2.05) is 12.1 Å². The van der Waals surface area contributed by atoms with E-state index in [1.54, 1.807) is 48.5 Å². The SMILES string of the molecule is NCCCCC(N)C(=O)NC(Cc1cnc[nH]1)C(=O)NC(Cc1ccccc1)C(=O)NC(Cc1ccccc1)C(=O)O. The molecule has 4 atom stereocenters. The number of imidazole rings is 1. The predicted molar refractivity (Wildman–Crippen MR) is 157 cm³/mol. The van der Waals surface area contributed by atoms with E-state index < -0.39 is 47.9 Å². The van der Waals surface area contributed by atoms with E-state index in [2.05, 4.69) is 25.9 Å². The summed E-state index contributed by atoms with van der Waals surface area (Å²) >= 11 is 0. The van der Waals surface area contributed by atoms with Crippen LogP contribution in [0.25, 0.3) is 0 Å². The lowest BCUT2D eigenvalue weighted by atomic mass is 10.0. The minimum atomic E-state index is -1.22. The minimum absolute atomic E-state index is 0.0640. The fraction of sp³-hybridized carbons (Fsp3) is 0.367. The number of hydrogen-bond acceptors (Lipinski definition) is 7. The van der Waals surface area contributed by atoms with Crippen molar-refractivity contribution in [3.8, 4) is 0 Å². The summed E-state index contributed by atoms with van der Waals surface area (Å²) in [6, 6.07) is 13.7. The molecule has 0 aliphatic carbocycles. The summed E-state index contributed by atoms with van der Waals surface area (Å²) in [5.41, 5.74) is 13.7. The normalized spacial score (nSPS) is 13.8. The molecule has 1 heterocycles. The van der Waals surface area contributed by atoms with Crippen molar-refractivity contribution in [2.24, 2.45) is 11.5 Å². The standard InChI is InChI=1S/C30H39N7O5/c31-14-8-7-13-23(32)27(38)35-25(17-22-18-33-19-34-22)29(40)36-24(15-20-9-3-1-4-10-20)28(39)37-26(30(41)42)16-21-11-5-2-6-12-21/h1-6,9-12,18-19,23-26H,7-8,13-17,31-32H2,(H,33,34)(H,35,38)(H,36,40)(H,37,39)(H,41,42). The average molecular weight is 578 g/mol. The van der Waals surface area contributed by atoms with Crippen LogP contribution in [0.2, 0.25) is 0 Å². The first-order valence-electron chi connectivity index (χ1n) is 13.9. The van der Waals surface area contributed by atoms with Gasteiger partial charge < -0.3 is 37.5 Å². The van der Waals surface area contributed by atoms with E-state index in [0.29, 0.717) is 25.1 Å². The Kier molecular flexibility index (Phi) is 12.7.